The molecular weight excluding hydrogens is 412 g/mol. The highest BCUT2D eigenvalue weighted by Crippen LogP contribution is 2.27. The normalized spacial score (nSPS) is 19.4. The molecule has 1 fully saturated rings. The second kappa shape index (κ2) is 8.66. The van der Waals surface area contributed by atoms with Crippen molar-refractivity contribution in [2.45, 2.75) is 51.7 Å². The second-order valence-electron chi connectivity index (χ2n) is 7.61. The highest BCUT2D eigenvalue weighted by molar-refractivity contribution is 9.10. The molecule has 1 heterocycles. The molecule has 1 aliphatic rings. The molecule has 144 valence electrons. The fourth-order valence-corrected chi connectivity index (χ4v) is 3.20. The van der Waals surface area contributed by atoms with Crippen LogP contribution in [0.15, 0.2) is 28.7 Å². The molecule has 0 saturated carbocycles. The average molecular weight is 435 g/mol. The van der Waals surface area contributed by atoms with Crippen LogP contribution in [0.4, 0.5) is 4.79 Å². The summed E-state index contributed by atoms with van der Waals surface area (Å²) in [6.07, 6.45) is -0.230. The van der Waals surface area contributed by atoms with E-state index in [-0.39, 0.29) is 37.4 Å². The maximum atomic E-state index is 12.7. The van der Waals surface area contributed by atoms with Gasteiger partial charge >= 0.3 is 6.09 Å². The van der Waals surface area contributed by atoms with E-state index in [1.165, 1.54) is 4.90 Å². The third kappa shape index (κ3) is 5.90. The number of ether oxygens (including phenoxy) is 1. The van der Waals surface area contributed by atoms with Gasteiger partial charge in [0.25, 0.3) is 0 Å². The van der Waals surface area contributed by atoms with Crippen LogP contribution < -0.4 is 0 Å². The number of rotatable bonds is 5. The summed E-state index contributed by atoms with van der Waals surface area (Å²) in [5, 5.41) is 9.19. The summed E-state index contributed by atoms with van der Waals surface area (Å²) in [4.78, 5) is 38.7. The van der Waals surface area contributed by atoms with Crippen LogP contribution in [0.25, 0.3) is 0 Å². The lowest BCUT2D eigenvalue weighted by Crippen LogP contribution is -2.43. The molecule has 0 unspecified atom stereocenters. The van der Waals surface area contributed by atoms with Crippen LogP contribution >= 0.6 is 15.9 Å². The van der Waals surface area contributed by atoms with Gasteiger partial charge in [0.15, 0.2) is 11.6 Å². The van der Waals surface area contributed by atoms with Gasteiger partial charge in [0.1, 0.15) is 5.60 Å². The Morgan fingerprint density at radius 1 is 1.22 bits per heavy atom. The van der Waals surface area contributed by atoms with Crippen molar-refractivity contribution in [3.63, 3.8) is 0 Å². The predicted octanol–water partition coefficient (Wildman–Crippen LogP) is 4.13. The molecule has 2 rings (SSSR count). The number of amides is 1. The topological polar surface area (TPSA) is 87.5 Å². The van der Waals surface area contributed by atoms with Crippen LogP contribution in [0.1, 0.15) is 50.4 Å². The number of carbonyl (C=O) groups is 3. The highest BCUT2D eigenvalue weighted by Gasteiger charge is 2.41. The molecule has 0 aliphatic carbocycles. The van der Waals surface area contributed by atoms with E-state index >= 15 is 0 Å². The van der Waals surface area contributed by atoms with E-state index in [0.717, 1.165) is 4.47 Å². The first-order valence-corrected chi connectivity index (χ1v) is 9.60. The highest BCUT2D eigenvalue weighted by atomic mass is 79.9. The van der Waals surface area contributed by atoms with E-state index < -0.39 is 23.7 Å². The largest absolute Gasteiger partial charge is 0.444 e. The standard InChI is InChI=1S/C20H23BrN2O4/c1-20(2,3)27-19(26)23-12-13(11-22)10-16(23)18(25)9-8-17(24)14-4-6-15(21)7-5-14/h4-7,13,16H,8-10,12H2,1-3H3/t13-,16+/m1/s1. The van der Waals surface area contributed by atoms with E-state index in [1.807, 2.05) is 0 Å². The molecule has 27 heavy (non-hydrogen) atoms. The fraction of sp³-hybridized carbons (Fsp3) is 0.500. The summed E-state index contributed by atoms with van der Waals surface area (Å²) in [7, 11) is 0. The number of likely N-dealkylation sites (tertiary alicyclic amines) is 1. The second-order valence-corrected chi connectivity index (χ2v) is 8.52. The molecule has 2 atom stereocenters. The Morgan fingerprint density at radius 3 is 2.41 bits per heavy atom. The van der Waals surface area contributed by atoms with Gasteiger partial charge < -0.3 is 4.74 Å². The molecule has 0 radical (unpaired) electrons. The lowest BCUT2D eigenvalue weighted by molar-refractivity contribution is -0.123. The zero-order valence-corrected chi connectivity index (χ0v) is 17.3. The smallest absolute Gasteiger partial charge is 0.410 e. The first-order valence-electron chi connectivity index (χ1n) is 8.81. The quantitative estimate of drug-likeness (QED) is 0.649. The summed E-state index contributed by atoms with van der Waals surface area (Å²) in [5.41, 5.74) is -0.149. The lowest BCUT2D eigenvalue weighted by atomic mass is 9.99. The minimum Gasteiger partial charge on any atom is -0.444 e. The van der Waals surface area contributed by atoms with Crippen LogP contribution in [0.5, 0.6) is 0 Å². The van der Waals surface area contributed by atoms with Gasteiger partial charge in [0, 0.05) is 29.4 Å². The van der Waals surface area contributed by atoms with Gasteiger partial charge in [0.2, 0.25) is 0 Å². The molecule has 1 aromatic rings. The molecule has 0 N–H and O–H groups in total. The van der Waals surface area contributed by atoms with Crippen LogP contribution in [0.3, 0.4) is 0 Å². The first-order chi connectivity index (χ1) is 12.6. The number of hydrogen-bond donors (Lipinski definition) is 0. The Kier molecular flexibility index (Phi) is 6.77. The number of ketones is 2. The summed E-state index contributed by atoms with van der Waals surface area (Å²) in [6, 6.07) is 8.34. The Morgan fingerprint density at radius 2 is 1.85 bits per heavy atom. The molecule has 0 bridgehead atoms. The van der Waals surface area contributed by atoms with Crippen molar-refractivity contribution in [1.82, 2.24) is 4.90 Å². The van der Waals surface area contributed by atoms with Crippen LogP contribution in [-0.2, 0) is 9.53 Å². The van der Waals surface area contributed by atoms with Crippen molar-refractivity contribution < 1.29 is 19.1 Å². The number of halogens is 1. The molecule has 7 heteroatoms. The Balaban J connectivity index is 2.01. The van der Waals surface area contributed by atoms with E-state index in [9.17, 15) is 19.6 Å². The number of benzene rings is 1. The Hall–Kier alpha value is -2.20. The third-order valence-electron chi connectivity index (χ3n) is 4.25. The fourth-order valence-electron chi connectivity index (χ4n) is 2.94. The van der Waals surface area contributed by atoms with E-state index in [0.29, 0.717) is 5.56 Å². The average Bonchev–Trinajstić information content (AvgIpc) is 3.03. The number of carbonyl (C=O) groups excluding carboxylic acids is 3. The number of Topliss-reactive ketones (excluding diaryl/α,β-unsaturated/α-hetero) is 2. The van der Waals surface area contributed by atoms with Crippen LogP contribution in [-0.4, -0.2) is 40.7 Å². The maximum Gasteiger partial charge on any atom is 0.410 e. The first kappa shape index (κ1) is 21.1. The monoisotopic (exact) mass is 434 g/mol. The zero-order valence-electron chi connectivity index (χ0n) is 15.7. The molecule has 0 aromatic heterocycles. The Bertz CT molecular complexity index is 762. The van der Waals surface area contributed by atoms with Gasteiger partial charge in [-0.2, -0.15) is 5.26 Å². The number of hydrogen-bond acceptors (Lipinski definition) is 5. The van der Waals surface area contributed by atoms with E-state index in [2.05, 4.69) is 22.0 Å². The van der Waals surface area contributed by atoms with Crippen LogP contribution in [0, 0.1) is 17.2 Å². The molecule has 1 aliphatic heterocycles. The van der Waals surface area contributed by atoms with Crippen molar-refractivity contribution in [3.05, 3.63) is 34.3 Å². The summed E-state index contributed by atoms with van der Waals surface area (Å²) in [5.74, 6) is -0.757. The number of nitrogens with zero attached hydrogens (tertiary/aromatic N) is 2. The van der Waals surface area contributed by atoms with Crippen LogP contribution in [0.2, 0.25) is 0 Å². The molecule has 1 aromatic carbocycles. The molecule has 1 amide bonds. The van der Waals surface area contributed by atoms with Gasteiger partial charge in [-0.25, -0.2) is 4.79 Å². The minimum absolute atomic E-state index is 0.0248. The summed E-state index contributed by atoms with van der Waals surface area (Å²) < 4.78 is 6.23. The van der Waals surface area contributed by atoms with Crippen molar-refractivity contribution in [1.29, 1.82) is 5.26 Å². The number of nitriles is 1. The molecular formula is C20H23BrN2O4. The van der Waals surface area contributed by atoms with E-state index in [4.69, 9.17) is 4.74 Å². The van der Waals surface area contributed by atoms with Crippen molar-refractivity contribution in [3.8, 4) is 6.07 Å². The molecule has 0 spiro atoms. The third-order valence-corrected chi connectivity index (χ3v) is 4.78. The molecule has 6 nitrogen and oxygen atoms in total. The van der Waals surface area contributed by atoms with Gasteiger partial charge in [-0.05, 0) is 39.3 Å². The zero-order chi connectivity index (χ0) is 20.2. The Labute approximate surface area is 167 Å². The minimum atomic E-state index is -0.720. The SMILES string of the molecule is CC(C)(C)OC(=O)N1C[C@@H](C#N)C[C@H]1C(=O)CCC(=O)c1ccc(Br)cc1. The van der Waals surface area contributed by atoms with Gasteiger partial charge in [-0.3, -0.25) is 14.5 Å². The van der Waals surface area contributed by atoms with Crippen molar-refractivity contribution in [2.75, 3.05) is 6.54 Å². The van der Waals surface area contributed by atoms with Gasteiger partial charge in [-0.15, -0.1) is 0 Å². The molecule has 1 saturated heterocycles. The summed E-state index contributed by atoms with van der Waals surface area (Å²) >= 11 is 3.31. The van der Waals surface area contributed by atoms with Crippen molar-refractivity contribution in [2.24, 2.45) is 5.92 Å². The maximum absolute atomic E-state index is 12.7. The lowest BCUT2D eigenvalue weighted by Gasteiger charge is -2.27. The summed E-state index contributed by atoms with van der Waals surface area (Å²) in [6.45, 7) is 5.41. The predicted molar refractivity (Wildman–Crippen MR) is 103 cm³/mol. The van der Waals surface area contributed by atoms with Gasteiger partial charge in [0.05, 0.1) is 18.0 Å². The van der Waals surface area contributed by atoms with Gasteiger partial charge in [-0.1, -0.05) is 28.1 Å². The van der Waals surface area contributed by atoms with E-state index in [1.54, 1.807) is 45.0 Å². The van der Waals surface area contributed by atoms with Crippen molar-refractivity contribution >= 4 is 33.6 Å².